The molecular weight excluding hydrogens is 290 g/mol. The van der Waals surface area contributed by atoms with Crippen LogP contribution in [0, 0.1) is 12.8 Å². The molecule has 2 N–H and O–H groups in total. The van der Waals surface area contributed by atoms with Crippen molar-refractivity contribution in [3.05, 3.63) is 64.7 Å². The summed E-state index contributed by atoms with van der Waals surface area (Å²) in [6.45, 7) is 2.87. The molecular formula is C19H19NO3. The van der Waals surface area contributed by atoms with Gasteiger partial charge in [0.2, 0.25) is 0 Å². The summed E-state index contributed by atoms with van der Waals surface area (Å²) < 4.78 is 6.02. The van der Waals surface area contributed by atoms with Crippen molar-refractivity contribution in [3.8, 4) is 0 Å². The van der Waals surface area contributed by atoms with Gasteiger partial charge in [0.15, 0.2) is 0 Å². The number of carbonyl (C=O) groups is 1. The number of carboxylic acids is 1. The monoisotopic (exact) mass is 309 g/mol. The van der Waals surface area contributed by atoms with Gasteiger partial charge in [-0.1, -0.05) is 29.8 Å². The number of aryl methyl sites for hydroxylation is 1. The molecule has 0 radical (unpaired) electrons. The fourth-order valence-corrected chi connectivity index (χ4v) is 3.76. The molecule has 2 aliphatic rings. The maximum Gasteiger partial charge on any atom is 0.335 e. The Hall–Kier alpha value is -2.33. The molecule has 4 rings (SSSR count). The number of fused-ring (bicyclic) bond motifs is 3. The zero-order chi connectivity index (χ0) is 16.0. The molecule has 4 heteroatoms. The van der Waals surface area contributed by atoms with Gasteiger partial charge in [-0.25, -0.2) is 4.79 Å². The second-order valence-electron chi connectivity index (χ2n) is 6.38. The van der Waals surface area contributed by atoms with Crippen LogP contribution in [0.3, 0.4) is 0 Å². The maximum atomic E-state index is 11.0. The molecule has 3 atom stereocenters. The third kappa shape index (κ3) is 2.39. The standard InChI is InChI=1S/C19H19NO3/c1-11-2-7-16-15(10-11)18-14(8-9-23-18)17(20-16)12-3-5-13(6-4-12)19(21)22/h2-7,10,14,17-18,20H,8-9H2,1H3,(H,21,22)/t14-,17?,18-/m0/s1. The number of carboxylic acid groups (broad SMARTS) is 1. The van der Waals surface area contributed by atoms with Gasteiger partial charge in [-0.05, 0) is 37.1 Å². The first-order chi connectivity index (χ1) is 11.1. The molecule has 2 aliphatic heterocycles. The molecule has 118 valence electrons. The zero-order valence-electron chi connectivity index (χ0n) is 13.0. The first-order valence-electron chi connectivity index (χ1n) is 7.95. The van der Waals surface area contributed by atoms with E-state index in [1.54, 1.807) is 12.1 Å². The summed E-state index contributed by atoms with van der Waals surface area (Å²) in [6.07, 6.45) is 1.13. The van der Waals surface area contributed by atoms with Crippen molar-refractivity contribution in [1.82, 2.24) is 0 Å². The minimum Gasteiger partial charge on any atom is -0.478 e. The van der Waals surface area contributed by atoms with E-state index in [0.29, 0.717) is 11.5 Å². The van der Waals surface area contributed by atoms with E-state index < -0.39 is 5.97 Å². The van der Waals surface area contributed by atoms with Gasteiger partial charge in [-0.3, -0.25) is 0 Å². The third-order valence-electron chi connectivity index (χ3n) is 4.91. The molecule has 4 nitrogen and oxygen atoms in total. The van der Waals surface area contributed by atoms with Gasteiger partial charge in [-0.15, -0.1) is 0 Å². The Bertz CT molecular complexity index is 754. The summed E-state index contributed by atoms with van der Waals surface area (Å²) in [4.78, 5) is 11.0. The van der Waals surface area contributed by atoms with E-state index >= 15 is 0 Å². The fraction of sp³-hybridized carbons (Fsp3) is 0.316. The van der Waals surface area contributed by atoms with Crippen LogP contribution in [0.2, 0.25) is 0 Å². The van der Waals surface area contributed by atoms with E-state index in [2.05, 4.69) is 30.4 Å². The van der Waals surface area contributed by atoms with Crippen molar-refractivity contribution in [3.63, 3.8) is 0 Å². The Labute approximate surface area is 135 Å². The SMILES string of the molecule is Cc1ccc2c(c1)[C@H]1OCC[C@H]1C(c1ccc(C(=O)O)cc1)N2. The Morgan fingerprint density at radius 2 is 2.00 bits per heavy atom. The second kappa shape index (κ2) is 5.39. The summed E-state index contributed by atoms with van der Waals surface area (Å²) in [5.41, 5.74) is 5.03. The number of benzene rings is 2. The molecule has 2 aromatic rings. The number of ether oxygens (including phenoxy) is 1. The molecule has 0 spiro atoms. The largest absolute Gasteiger partial charge is 0.478 e. The van der Waals surface area contributed by atoms with Gasteiger partial charge in [0, 0.05) is 23.8 Å². The average Bonchev–Trinajstić information content (AvgIpc) is 3.04. The highest BCUT2D eigenvalue weighted by Crippen LogP contribution is 2.49. The van der Waals surface area contributed by atoms with E-state index in [9.17, 15) is 4.79 Å². The maximum absolute atomic E-state index is 11.0. The molecule has 0 aliphatic carbocycles. The van der Waals surface area contributed by atoms with Crippen LogP contribution in [0.5, 0.6) is 0 Å². The lowest BCUT2D eigenvalue weighted by atomic mass is 9.80. The smallest absolute Gasteiger partial charge is 0.335 e. The quantitative estimate of drug-likeness (QED) is 0.882. The van der Waals surface area contributed by atoms with Crippen LogP contribution >= 0.6 is 0 Å². The topological polar surface area (TPSA) is 58.6 Å². The van der Waals surface area contributed by atoms with Crippen LogP contribution in [0.25, 0.3) is 0 Å². The Balaban J connectivity index is 1.72. The van der Waals surface area contributed by atoms with Gasteiger partial charge in [-0.2, -0.15) is 0 Å². The lowest BCUT2D eigenvalue weighted by Gasteiger charge is -2.36. The number of hydrogen-bond donors (Lipinski definition) is 2. The minimum atomic E-state index is -0.893. The van der Waals surface area contributed by atoms with Gasteiger partial charge in [0.25, 0.3) is 0 Å². The van der Waals surface area contributed by atoms with Crippen LogP contribution < -0.4 is 5.32 Å². The van der Waals surface area contributed by atoms with E-state index in [1.165, 1.54) is 11.1 Å². The van der Waals surface area contributed by atoms with Crippen molar-refractivity contribution in [2.45, 2.75) is 25.5 Å². The van der Waals surface area contributed by atoms with Crippen LogP contribution in [0.1, 0.15) is 45.6 Å². The molecule has 1 unspecified atom stereocenters. The molecule has 1 fully saturated rings. The molecule has 0 saturated carbocycles. The second-order valence-corrected chi connectivity index (χ2v) is 6.38. The van der Waals surface area contributed by atoms with Gasteiger partial charge < -0.3 is 15.2 Å². The molecule has 2 aromatic carbocycles. The van der Waals surface area contributed by atoms with Crippen LogP contribution in [0.15, 0.2) is 42.5 Å². The molecule has 0 aromatic heterocycles. The molecule has 0 amide bonds. The highest BCUT2D eigenvalue weighted by molar-refractivity contribution is 5.87. The minimum absolute atomic E-state index is 0.121. The number of rotatable bonds is 2. The summed E-state index contributed by atoms with van der Waals surface area (Å²) in [6, 6.07) is 13.7. The van der Waals surface area contributed by atoms with Crippen LogP contribution in [0.4, 0.5) is 5.69 Å². The van der Waals surface area contributed by atoms with Gasteiger partial charge in [0.1, 0.15) is 0 Å². The van der Waals surface area contributed by atoms with Crippen molar-refractivity contribution >= 4 is 11.7 Å². The Kier molecular flexibility index (Phi) is 3.34. The summed E-state index contributed by atoms with van der Waals surface area (Å²) in [7, 11) is 0. The Morgan fingerprint density at radius 1 is 1.22 bits per heavy atom. The fourth-order valence-electron chi connectivity index (χ4n) is 3.76. The predicted molar refractivity (Wildman–Crippen MR) is 87.7 cm³/mol. The summed E-state index contributed by atoms with van der Waals surface area (Å²) in [5, 5.41) is 12.7. The molecule has 1 saturated heterocycles. The lowest BCUT2D eigenvalue weighted by molar-refractivity contribution is 0.0696. The van der Waals surface area contributed by atoms with Crippen molar-refractivity contribution in [2.24, 2.45) is 5.92 Å². The molecule has 23 heavy (non-hydrogen) atoms. The highest BCUT2D eigenvalue weighted by atomic mass is 16.5. The number of hydrogen-bond acceptors (Lipinski definition) is 3. The van der Waals surface area contributed by atoms with Gasteiger partial charge >= 0.3 is 5.97 Å². The van der Waals surface area contributed by atoms with Crippen LogP contribution in [-0.4, -0.2) is 17.7 Å². The molecule has 2 heterocycles. The number of anilines is 1. The average molecular weight is 309 g/mol. The van der Waals surface area contributed by atoms with E-state index in [1.807, 2.05) is 12.1 Å². The van der Waals surface area contributed by atoms with Crippen LogP contribution in [-0.2, 0) is 4.74 Å². The van der Waals surface area contributed by atoms with E-state index in [0.717, 1.165) is 24.3 Å². The van der Waals surface area contributed by atoms with Crippen molar-refractivity contribution in [2.75, 3.05) is 11.9 Å². The lowest BCUT2D eigenvalue weighted by Crippen LogP contribution is -2.29. The third-order valence-corrected chi connectivity index (χ3v) is 4.91. The summed E-state index contributed by atoms with van der Waals surface area (Å²) >= 11 is 0. The van der Waals surface area contributed by atoms with E-state index in [4.69, 9.17) is 9.84 Å². The highest BCUT2D eigenvalue weighted by Gasteiger charge is 2.41. The first-order valence-corrected chi connectivity index (χ1v) is 7.95. The number of aromatic carboxylic acids is 1. The van der Waals surface area contributed by atoms with Crippen molar-refractivity contribution in [1.29, 1.82) is 0 Å². The normalized spacial score (nSPS) is 25.3. The van der Waals surface area contributed by atoms with Gasteiger partial charge in [0.05, 0.1) is 17.7 Å². The van der Waals surface area contributed by atoms with Crippen molar-refractivity contribution < 1.29 is 14.6 Å². The number of nitrogens with one attached hydrogen (secondary N) is 1. The molecule has 0 bridgehead atoms. The summed E-state index contributed by atoms with van der Waals surface area (Å²) in [5.74, 6) is -0.518. The Morgan fingerprint density at radius 3 is 2.74 bits per heavy atom. The predicted octanol–water partition coefficient (Wildman–Crippen LogP) is 3.94. The van der Waals surface area contributed by atoms with E-state index in [-0.39, 0.29) is 12.1 Å². The zero-order valence-corrected chi connectivity index (χ0v) is 13.0. The first kappa shape index (κ1) is 14.3.